The van der Waals surface area contributed by atoms with Crippen LogP contribution in [0.2, 0.25) is 0 Å². The Labute approximate surface area is 163 Å². The molecule has 9 nitrogen and oxygen atoms in total. The van der Waals surface area contributed by atoms with E-state index in [-0.39, 0.29) is 23.6 Å². The quantitative estimate of drug-likeness (QED) is 0.553. The normalized spacial score (nSPS) is 10.9. The number of amides is 2. The van der Waals surface area contributed by atoms with Crippen molar-refractivity contribution >= 4 is 21.8 Å². The highest BCUT2D eigenvalue weighted by molar-refractivity contribution is 7.90. The standard InChI is InChI=1S/C18H21N3O6S/c1-26-10-9-19-18(23)16-8-7-14(13-20-16)17(22)21-28(24,25)12-11-27-15-5-3-2-4-6-15/h2-8,13H,9-12H2,1H3,(H,19,23)(H,21,22). The Kier molecular flexibility index (Phi) is 7.90. The molecule has 0 saturated carbocycles. The predicted molar refractivity (Wildman–Crippen MR) is 102 cm³/mol. The van der Waals surface area contributed by atoms with Gasteiger partial charge in [0.25, 0.3) is 11.8 Å². The van der Waals surface area contributed by atoms with E-state index >= 15 is 0 Å². The number of carbonyl (C=O) groups is 2. The van der Waals surface area contributed by atoms with Crippen LogP contribution in [-0.2, 0) is 14.8 Å². The monoisotopic (exact) mass is 407 g/mol. The summed E-state index contributed by atoms with van der Waals surface area (Å²) < 4.78 is 36.1. The lowest BCUT2D eigenvalue weighted by Gasteiger charge is -2.09. The van der Waals surface area contributed by atoms with Crippen molar-refractivity contribution in [3.05, 3.63) is 59.9 Å². The number of sulfonamides is 1. The van der Waals surface area contributed by atoms with Crippen molar-refractivity contribution in [2.24, 2.45) is 0 Å². The van der Waals surface area contributed by atoms with E-state index in [0.29, 0.717) is 18.9 Å². The third-order valence-electron chi connectivity index (χ3n) is 3.46. The van der Waals surface area contributed by atoms with E-state index in [1.165, 1.54) is 19.2 Å². The van der Waals surface area contributed by atoms with Gasteiger partial charge in [-0.05, 0) is 24.3 Å². The van der Waals surface area contributed by atoms with Crippen molar-refractivity contribution in [2.45, 2.75) is 0 Å². The van der Waals surface area contributed by atoms with E-state index in [2.05, 4.69) is 10.3 Å². The van der Waals surface area contributed by atoms with Crippen molar-refractivity contribution in [1.29, 1.82) is 0 Å². The molecule has 1 aromatic carbocycles. The molecule has 0 fully saturated rings. The molecule has 0 bridgehead atoms. The molecule has 1 heterocycles. The highest BCUT2D eigenvalue weighted by Gasteiger charge is 2.17. The van der Waals surface area contributed by atoms with Crippen molar-refractivity contribution in [2.75, 3.05) is 32.6 Å². The summed E-state index contributed by atoms with van der Waals surface area (Å²) in [6, 6.07) is 11.4. The molecule has 28 heavy (non-hydrogen) atoms. The number of rotatable bonds is 10. The minimum atomic E-state index is -3.89. The second kappa shape index (κ2) is 10.4. The molecule has 0 saturated heterocycles. The largest absolute Gasteiger partial charge is 0.492 e. The van der Waals surface area contributed by atoms with Gasteiger partial charge in [-0.2, -0.15) is 0 Å². The van der Waals surface area contributed by atoms with Crippen LogP contribution >= 0.6 is 0 Å². The van der Waals surface area contributed by atoms with Crippen LogP contribution < -0.4 is 14.8 Å². The smallest absolute Gasteiger partial charge is 0.269 e. The molecule has 0 aliphatic carbocycles. The van der Waals surface area contributed by atoms with Gasteiger partial charge in [-0.15, -0.1) is 0 Å². The summed E-state index contributed by atoms with van der Waals surface area (Å²) in [5, 5.41) is 2.59. The second-order valence-corrected chi connectivity index (χ2v) is 7.43. The van der Waals surface area contributed by atoms with Crippen molar-refractivity contribution < 1.29 is 27.5 Å². The number of para-hydroxylation sites is 1. The molecule has 1 aromatic heterocycles. The fraction of sp³-hybridized carbons (Fsp3) is 0.278. The van der Waals surface area contributed by atoms with E-state index in [1.54, 1.807) is 24.3 Å². The third kappa shape index (κ3) is 6.97. The average molecular weight is 407 g/mol. The van der Waals surface area contributed by atoms with Gasteiger partial charge in [-0.1, -0.05) is 18.2 Å². The minimum Gasteiger partial charge on any atom is -0.492 e. The first-order valence-electron chi connectivity index (χ1n) is 8.37. The molecule has 0 spiro atoms. The first kappa shape index (κ1) is 21.3. The van der Waals surface area contributed by atoms with Crippen LogP contribution in [0, 0.1) is 0 Å². The second-order valence-electron chi connectivity index (χ2n) is 5.59. The zero-order valence-electron chi connectivity index (χ0n) is 15.3. The third-order valence-corrected chi connectivity index (χ3v) is 4.66. The van der Waals surface area contributed by atoms with Crippen molar-refractivity contribution in [3.8, 4) is 5.75 Å². The maximum atomic E-state index is 12.1. The fourth-order valence-corrected chi connectivity index (χ4v) is 2.86. The van der Waals surface area contributed by atoms with Crippen LogP contribution in [0.4, 0.5) is 0 Å². The van der Waals surface area contributed by atoms with Crippen LogP contribution in [-0.4, -0.2) is 57.8 Å². The number of hydrogen-bond donors (Lipinski definition) is 2. The highest BCUT2D eigenvalue weighted by Crippen LogP contribution is 2.08. The maximum absolute atomic E-state index is 12.1. The molecule has 0 aliphatic heterocycles. The Hall–Kier alpha value is -2.98. The number of aromatic nitrogens is 1. The molecule has 0 atom stereocenters. The zero-order valence-corrected chi connectivity index (χ0v) is 16.1. The summed E-state index contributed by atoms with van der Waals surface area (Å²) in [4.78, 5) is 27.8. The molecule has 0 unspecified atom stereocenters. The molecule has 2 N–H and O–H groups in total. The van der Waals surface area contributed by atoms with Gasteiger partial charge in [-0.25, -0.2) is 13.1 Å². The lowest BCUT2D eigenvalue weighted by Crippen LogP contribution is -2.34. The van der Waals surface area contributed by atoms with E-state index < -0.39 is 21.8 Å². The number of methoxy groups -OCH3 is 1. The van der Waals surface area contributed by atoms with Gasteiger partial charge >= 0.3 is 0 Å². The number of nitrogens with one attached hydrogen (secondary N) is 2. The summed E-state index contributed by atoms with van der Waals surface area (Å²) in [6.07, 6.45) is 1.14. The molecule has 2 rings (SSSR count). The van der Waals surface area contributed by atoms with Gasteiger partial charge in [0, 0.05) is 19.9 Å². The number of nitrogens with zero attached hydrogens (tertiary/aromatic N) is 1. The van der Waals surface area contributed by atoms with Crippen LogP contribution in [0.1, 0.15) is 20.8 Å². The molecular formula is C18H21N3O6S. The number of benzene rings is 1. The summed E-state index contributed by atoms with van der Waals surface area (Å²) in [7, 11) is -2.37. The van der Waals surface area contributed by atoms with Gasteiger partial charge < -0.3 is 14.8 Å². The number of hydrogen-bond acceptors (Lipinski definition) is 7. The number of pyridine rings is 1. The highest BCUT2D eigenvalue weighted by atomic mass is 32.2. The van der Waals surface area contributed by atoms with Crippen molar-refractivity contribution in [1.82, 2.24) is 15.0 Å². The van der Waals surface area contributed by atoms with Gasteiger partial charge in [0.1, 0.15) is 23.8 Å². The van der Waals surface area contributed by atoms with Gasteiger partial charge in [0.15, 0.2) is 0 Å². The molecule has 2 amide bonds. The molecule has 0 aliphatic rings. The van der Waals surface area contributed by atoms with E-state index in [0.717, 1.165) is 6.20 Å². The maximum Gasteiger partial charge on any atom is 0.269 e. The average Bonchev–Trinajstić information content (AvgIpc) is 2.68. The zero-order chi connectivity index (χ0) is 20.4. The Bertz CT molecular complexity index is 885. The first-order chi connectivity index (χ1) is 13.4. The topological polar surface area (TPSA) is 124 Å². The van der Waals surface area contributed by atoms with Crippen molar-refractivity contribution in [3.63, 3.8) is 0 Å². The summed E-state index contributed by atoms with van der Waals surface area (Å²) in [5.41, 5.74) is 0.118. The van der Waals surface area contributed by atoms with Crippen LogP contribution in [0.25, 0.3) is 0 Å². The molecule has 150 valence electrons. The first-order valence-corrected chi connectivity index (χ1v) is 10.0. The van der Waals surface area contributed by atoms with Gasteiger partial charge in [0.2, 0.25) is 10.0 Å². The summed E-state index contributed by atoms with van der Waals surface area (Å²) >= 11 is 0. The Morgan fingerprint density at radius 1 is 1.04 bits per heavy atom. The van der Waals surface area contributed by atoms with Gasteiger partial charge in [-0.3, -0.25) is 14.6 Å². The Balaban J connectivity index is 1.86. The number of ether oxygens (including phenoxy) is 2. The van der Waals surface area contributed by atoms with E-state index in [9.17, 15) is 18.0 Å². The van der Waals surface area contributed by atoms with E-state index in [4.69, 9.17) is 9.47 Å². The lowest BCUT2D eigenvalue weighted by molar-refractivity contribution is 0.0929. The Morgan fingerprint density at radius 3 is 2.43 bits per heavy atom. The minimum absolute atomic E-state index is 0.0148. The van der Waals surface area contributed by atoms with Gasteiger partial charge in [0.05, 0.1) is 12.2 Å². The molecule has 2 aromatic rings. The predicted octanol–water partition coefficient (Wildman–Crippen LogP) is 0.596. The van der Waals surface area contributed by atoms with Crippen LogP contribution in [0.3, 0.4) is 0 Å². The van der Waals surface area contributed by atoms with E-state index in [1.807, 2.05) is 10.8 Å². The molecular weight excluding hydrogens is 386 g/mol. The molecule has 10 heteroatoms. The van der Waals surface area contributed by atoms with Crippen LogP contribution in [0.15, 0.2) is 48.7 Å². The summed E-state index contributed by atoms with van der Waals surface area (Å²) in [6.45, 7) is 0.575. The summed E-state index contributed by atoms with van der Waals surface area (Å²) in [5.74, 6) is -1.11. The Morgan fingerprint density at radius 2 is 1.79 bits per heavy atom. The lowest BCUT2D eigenvalue weighted by atomic mass is 10.2. The fourth-order valence-electron chi connectivity index (χ4n) is 2.06. The SMILES string of the molecule is COCCNC(=O)c1ccc(C(=O)NS(=O)(=O)CCOc2ccccc2)cn1. The van der Waals surface area contributed by atoms with Crippen LogP contribution in [0.5, 0.6) is 5.75 Å². The molecule has 0 radical (unpaired) electrons. The number of carbonyl (C=O) groups excluding carboxylic acids is 2.